The summed E-state index contributed by atoms with van der Waals surface area (Å²) in [6.45, 7) is 6.59. The van der Waals surface area contributed by atoms with E-state index in [0.29, 0.717) is 18.9 Å². The standard InChI is InChI=1S/C10H21NO2/c1-5-13-10(12)7-9(11-4)6-8(2)3/h8-9,11H,5-7H2,1-4H3. The molecule has 0 bridgehead atoms. The number of hydrogen-bond acceptors (Lipinski definition) is 3. The monoisotopic (exact) mass is 187 g/mol. The molecule has 78 valence electrons. The van der Waals surface area contributed by atoms with Crippen LogP contribution in [-0.2, 0) is 9.53 Å². The molecule has 0 aliphatic heterocycles. The molecule has 1 unspecified atom stereocenters. The second-order valence-electron chi connectivity index (χ2n) is 3.62. The van der Waals surface area contributed by atoms with Crippen LogP contribution in [0, 0.1) is 5.92 Å². The number of esters is 1. The average molecular weight is 187 g/mol. The van der Waals surface area contributed by atoms with Gasteiger partial charge in [0, 0.05) is 6.04 Å². The zero-order valence-electron chi connectivity index (χ0n) is 9.09. The smallest absolute Gasteiger partial charge is 0.307 e. The molecule has 0 saturated carbocycles. The van der Waals surface area contributed by atoms with Gasteiger partial charge in [0.15, 0.2) is 0 Å². The third-order valence-electron chi connectivity index (χ3n) is 1.88. The van der Waals surface area contributed by atoms with Crippen molar-refractivity contribution in [2.24, 2.45) is 5.92 Å². The molecular formula is C10H21NO2. The van der Waals surface area contributed by atoms with E-state index in [1.54, 1.807) is 0 Å². The maximum Gasteiger partial charge on any atom is 0.307 e. The summed E-state index contributed by atoms with van der Waals surface area (Å²) in [7, 11) is 1.88. The number of hydrogen-bond donors (Lipinski definition) is 1. The van der Waals surface area contributed by atoms with Gasteiger partial charge < -0.3 is 10.1 Å². The fraction of sp³-hybridized carbons (Fsp3) is 0.900. The van der Waals surface area contributed by atoms with Crippen LogP contribution in [0.1, 0.15) is 33.6 Å². The number of ether oxygens (including phenoxy) is 1. The average Bonchev–Trinajstić information content (AvgIpc) is 2.02. The van der Waals surface area contributed by atoms with Crippen molar-refractivity contribution in [1.29, 1.82) is 0 Å². The predicted molar refractivity (Wildman–Crippen MR) is 53.6 cm³/mol. The molecule has 0 rings (SSSR count). The summed E-state index contributed by atoms with van der Waals surface area (Å²) < 4.78 is 4.88. The van der Waals surface area contributed by atoms with E-state index in [0.717, 1.165) is 6.42 Å². The Kier molecular flexibility index (Phi) is 6.59. The summed E-state index contributed by atoms with van der Waals surface area (Å²) in [5.41, 5.74) is 0. The molecule has 0 aromatic carbocycles. The summed E-state index contributed by atoms with van der Waals surface area (Å²) in [5.74, 6) is 0.495. The maximum atomic E-state index is 11.1. The number of nitrogens with one attached hydrogen (secondary N) is 1. The van der Waals surface area contributed by atoms with Gasteiger partial charge in [-0.25, -0.2) is 0 Å². The van der Waals surface area contributed by atoms with Crippen LogP contribution < -0.4 is 5.32 Å². The molecule has 0 saturated heterocycles. The van der Waals surface area contributed by atoms with Gasteiger partial charge in [0.05, 0.1) is 13.0 Å². The summed E-state index contributed by atoms with van der Waals surface area (Å²) in [5, 5.41) is 3.12. The Balaban J connectivity index is 3.76. The molecular weight excluding hydrogens is 166 g/mol. The van der Waals surface area contributed by atoms with E-state index in [-0.39, 0.29) is 12.0 Å². The zero-order valence-corrected chi connectivity index (χ0v) is 9.09. The van der Waals surface area contributed by atoms with Gasteiger partial charge in [0.1, 0.15) is 0 Å². The van der Waals surface area contributed by atoms with Gasteiger partial charge in [-0.3, -0.25) is 4.79 Å². The van der Waals surface area contributed by atoms with Crippen molar-refractivity contribution in [2.45, 2.75) is 39.7 Å². The van der Waals surface area contributed by atoms with Gasteiger partial charge in [0.25, 0.3) is 0 Å². The summed E-state index contributed by atoms with van der Waals surface area (Å²) in [6.07, 6.45) is 1.48. The molecule has 0 fully saturated rings. The molecule has 3 nitrogen and oxygen atoms in total. The van der Waals surface area contributed by atoms with Crippen LogP contribution in [0.5, 0.6) is 0 Å². The largest absolute Gasteiger partial charge is 0.466 e. The van der Waals surface area contributed by atoms with Crippen molar-refractivity contribution in [3.05, 3.63) is 0 Å². The molecule has 0 spiro atoms. The van der Waals surface area contributed by atoms with Crippen LogP contribution >= 0.6 is 0 Å². The van der Waals surface area contributed by atoms with Crippen LogP contribution in [0.3, 0.4) is 0 Å². The first kappa shape index (κ1) is 12.4. The topological polar surface area (TPSA) is 38.3 Å². The lowest BCUT2D eigenvalue weighted by molar-refractivity contribution is -0.143. The lowest BCUT2D eigenvalue weighted by Crippen LogP contribution is -2.30. The van der Waals surface area contributed by atoms with Gasteiger partial charge in [-0.05, 0) is 26.3 Å². The first-order chi connectivity index (χ1) is 6.10. The van der Waals surface area contributed by atoms with E-state index in [1.807, 2.05) is 14.0 Å². The van der Waals surface area contributed by atoms with Crippen LogP contribution in [0.15, 0.2) is 0 Å². The van der Waals surface area contributed by atoms with E-state index in [2.05, 4.69) is 19.2 Å². The Morgan fingerprint density at radius 1 is 1.46 bits per heavy atom. The van der Waals surface area contributed by atoms with Crippen molar-refractivity contribution < 1.29 is 9.53 Å². The first-order valence-electron chi connectivity index (χ1n) is 4.93. The van der Waals surface area contributed by atoms with Crippen LogP contribution in [-0.4, -0.2) is 25.7 Å². The Labute approximate surface area is 80.8 Å². The minimum Gasteiger partial charge on any atom is -0.466 e. The second-order valence-corrected chi connectivity index (χ2v) is 3.62. The molecule has 0 heterocycles. The quantitative estimate of drug-likeness (QED) is 0.641. The zero-order chi connectivity index (χ0) is 10.3. The van der Waals surface area contributed by atoms with Crippen molar-refractivity contribution in [1.82, 2.24) is 5.32 Å². The highest BCUT2D eigenvalue weighted by atomic mass is 16.5. The molecule has 0 aromatic rings. The van der Waals surface area contributed by atoms with Gasteiger partial charge in [-0.15, -0.1) is 0 Å². The Morgan fingerprint density at radius 2 is 2.08 bits per heavy atom. The molecule has 0 aromatic heterocycles. The van der Waals surface area contributed by atoms with Crippen molar-refractivity contribution in [3.63, 3.8) is 0 Å². The second kappa shape index (κ2) is 6.89. The van der Waals surface area contributed by atoms with Crippen molar-refractivity contribution in [3.8, 4) is 0 Å². The van der Waals surface area contributed by atoms with E-state index in [1.165, 1.54) is 0 Å². The van der Waals surface area contributed by atoms with Crippen molar-refractivity contribution >= 4 is 5.97 Å². The van der Waals surface area contributed by atoms with Gasteiger partial charge in [-0.1, -0.05) is 13.8 Å². The van der Waals surface area contributed by atoms with E-state index in [4.69, 9.17) is 4.74 Å². The summed E-state index contributed by atoms with van der Waals surface area (Å²) in [6, 6.07) is 0.249. The highest BCUT2D eigenvalue weighted by Gasteiger charge is 2.13. The normalized spacial score (nSPS) is 13.0. The molecule has 0 aliphatic rings. The molecule has 0 aliphatic carbocycles. The number of rotatable bonds is 6. The number of carbonyl (C=O) groups excluding carboxylic acids is 1. The van der Waals surface area contributed by atoms with E-state index >= 15 is 0 Å². The summed E-state index contributed by atoms with van der Waals surface area (Å²) >= 11 is 0. The highest BCUT2D eigenvalue weighted by molar-refractivity contribution is 5.70. The molecule has 13 heavy (non-hydrogen) atoms. The van der Waals surface area contributed by atoms with Crippen molar-refractivity contribution in [2.75, 3.05) is 13.7 Å². The Bertz CT molecular complexity index is 146. The fourth-order valence-electron chi connectivity index (χ4n) is 1.29. The molecule has 0 amide bonds. The third-order valence-corrected chi connectivity index (χ3v) is 1.88. The summed E-state index contributed by atoms with van der Waals surface area (Å²) in [4.78, 5) is 11.1. The molecule has 1 atom stereocenters. The Morgan fingerprint density at radius 3 is 2.46 bits per heavy atom. The van der Waals surface area contributed by atoms with Gasteiger partial charge in [0.2, 0.25) is 0 Å². The third kappa shape index (κ3) is 6.58. The SMILES string of the molecule is CCOC(=O)CC(CC(C)C)NC. The van der Waals surface area contributed by atoms with E-state index < -0.39 is 0 Å². The van der Waals surface area contributed by atoms with Crippen LogP contribution in [0.25, 0.3) is 0 Å². The molecule has 3 heteroatoms. The molecule has 0 radical (unpaired) electrons. The fourth-order valence-corrected chi connectivity index (χ4v) is 1.29. The predicted octanol–water partition coefficient (Wildman–Crippen LogP) is 1.57. The minimum atomic E-state index is -0.109. The molecule has 1 N–H and O–H groups in total. The lowest BCUT2D eigenvalue weighted by Gasteiger charge is -2.16. The van der Waals surface area contributed by atoms with Gasteiger partial charge >= 0.3 is 5.97 Å². The van der Waals surface area contributed by atoms with Crippen LogP contribution in [0.2, 0.25) is 0 Å². The van der Waals surface area contributed by atoms with E-state index in [9.17, 15) is 4.79 Å². The minimum absolute atomic E-state index is 0.109. The maximum absolute atomic E-state index is 11.1. The Hall–Kier alpha value is -0.570. The highest BCUT2D eigenvalue weighted by Crippen LogP contribution is 2.08. The van der Waals surface area contributed by atoms with Crippen LogP contribution in [0.4, 0.5) is 0 Å². The first-order valence-corrected chi connectivity index (χ1v) is 4.93. The number of carbonyl (C=O) groups is 1. The van der Waals surface area contributed by atoms with Gasteiger partial charge in [-0.2, -0.15) is 0 Å². The lowest BCUT2D eigenvalue weighted by atomic mass is 10.0.